The molecule has 5 N–H and O–H groups in total. The monoisotopic (exact) mass is 264 g/mol. The number of primary amides is 1. The average Bonchev–Trinajstić information content (AvgIpc) is 2.30. The molecule has 1 aromatic carbocycles. The van der Waals surface area contributed by atoms with E-state index >= 15 is 0 Å². The van der Waals surface area contributed by atoms with Crippen LogP contribution in [0.5, 0.6) is 0 Å². The third kappa shape index (κ3) is 5.07. The lowest BCUT2D eigenvalue weighted by atomic mass is 10.2. The highest BCUT2D eigenvalue weighted by Gasteiger charge is 2.13. The van der Waals surface area contributed by atoms with Crippen LogP contribution in [0.3, 0.4) is 0 Å². The fraction of sp³-hybridized carbons (Fsp3) is 0.250. The van der Waals surface area contributed by atoms with Gasteiger partial charge >= 0.3 is 6.03 Å². The van der Waals surface area contributed by atoms with Crippen molar-refractivity contribution in [3.8, 4) is 0 Å². The van der Waals surface area contributed by atoms with E-state index in [2.05, 4.69) is 10.6 Å². The Morgan fingerprint density at radius 1 is 1.11 bits per heavy atom. The Bertz CT molecular complexity index is 484. The fourth-order valence-corrected chi connectivity index (χ4v) is 1.40. The number of anilines is 2. The quantitative estimate of drug-likeness (QED) is 0.639. The number of hydrogen-bond acceptors (Lipinski definition) is 4. The number of rotatable bonds is 4. The predicted octanol–water partition coefficient (Wildman–Crippen LogP) is 0.640. The van der Waals surface area contributed by atoms with E-state index in [1.54, 1.807) is 31.2 Å². The van der Waals surface area contributed by atoms with Gasteiger partial charge in [-0.25, -0.2) is 4.79 Å². The van der Waals surface area contributed by atoms with Crippen molar-refractivity contribution in [3.63, 3.8) is 0 Å². The van der Waals surface area contributed by atoms with Crippen LogP contribution in [0.2, 0.25) is 0 Å². The molecule has 0 heterocycles. The highest BCUT2D eigenvalue weighted by atomic mass is 16.2. The van der Waals surface area contributed by atoms with E-state index in [4.69, 9.17) is 5.73 Å². The van der Waals surface area contributed by atoms with Crippen LogP contribution in [0, 0.1) is 0 Å². The molecule has 0 bridgehead atoms. The molecule has 0 aliphatic carbocycles. The van der Waals surface area contributed by atoms with E-state index in [9.17, 15) is 14.4 Å². The van der Waals surface area contributed by atoms with Crippen molar-refractivity contribution in [2.45, 2.75) is 19.9 Å². The minimum absolute atomic E-state index is 0.157. The van der Waals surface area contributed by atoms with Gasteiger partial charge in [-0.05, 0) is 31.2 Å². The number of hydrogen-bond donors (Lipinski definition) is 4. The molecule has 1 atom stereocenters. The molecule has 0 saturated heterocycles. The van der Waals surface area contributed by atoms with Crippen LogP contribution in [0.1, 0.15) is 13.8 Å². The molecule has 0 radical (unpaired) electrons. The first-order valence-electron chi connectivity index (χ1n) is 5.63. The van der Waals surface area contributed by atoms with E-state index in [0.29, 0.717) is 11.4 Å². The van der Waals surface area contributed by atoms with Gasteiger partial charge in [0.1, 0.15) is 6.04 Å². The van der Waals surface area contributed by atoms with Gasteiger partial charge in [0.2, 0.25) is 11.8 Å². The molecule has 0 aromatic heterocycles. The maximum Gasteiger partial charge on any atom is 0.318 e. The number of carbonyl (C=O) groups excluding carboxylic acids is 3. The number of carbonyl (C=O) groups is 3. The zero-order chi connectivity index (χ0) is 14.4. The number of amides is 4. The lowest BCUT2D eigenvalue weighted by Gasteiger charge is -2.14. The van der Waals surface area contributed by atoms with E-state index in [1.807, 2.05) is 5.32 Å². The zero-order valence-electron chi connectivity index (χ0n) is 10.7. The normalized spacial score (nSPS) is 11.3. The Kier molecular flexibility index (Phi) is 4.87. The van der Waals surface area contributed by atoms with Crippen LogP contribution in [0.15, 0.2) is 24.3 Å². The topological polar surface area (TPSA) is 113 Å². The van der Waals surface area contributed by atoms with Crippen LogP contribution >= 0.6 is 0 Å². The lowest BCUT2D eigenvalue weighted by Crippen LogP contribution is -2.43. The molecular formula is C12H16N4O3. The number of urea groups is 1. The van der Waals surface area contributed by atoms with Crippen LogP contribution in [-0.2, 0) is 9.59 Å². The van der Waals surface area contributed by atoms with Crippen molar-refractivity contribution < 1.29 is 14.4 Å². The summed E-state index contributed by atoms with van der Waals surface area (Å²) in [6, 6.07) is 5.31. The molecule has 0 spiro atoms. The van der Waals surface area contributed by atoms with Crippen LogP contribution in [-0.4, -0.2) is 23.9 Å². The summed E-state index contributed by atoms with van der Waals surface area (Å²) < 4.78 is 0. The number of imide groups is 1. The smallest absolute Gasteiger partial charge is 0.318 e. The minimum atomic E-state index is -0.889. The summed E-state index contributed by atoms with van der Waals surface area (Å²) in [5, 5.41) is 7.50. The summed E-state index contributed by atoms with van der Waals surface area (Å²) in [5.41, 5.74) is 6.19. The maximum absolute atomic E-state index is 11.4. The van der Waals surface area contributed by atoms with E-state index in [0.717, 1.165) is 0 Å². The van der Waals surface area contributed by atoms with Crippen molar-refractivity contribution in [3.05, 3.63) is 24.3 Å². The molecule has 1 rings (SSSR count). The highest BCUT2D eigenvalue weighted by molar-refractivity contribution is 5.97. The summed E-state index contributed by atoms with van der Waals surface area (Å²) in [7, 11) is 0. The van der Waals surface area contributed by atoms with Gasteiger partial charge in [0, 0.05) is 18.3 Å². The van der Waals surface area contributed by atoms with Crippen molar-refractivity contribution in [1.29, 1.82) is 0 Å². The predicted molar refractivity (Wildman–Crippen MR) is 71.6 cm³/mol. The minimum Gasteiger partial charge on any atom is -0.374 e. The fourth-order valence-electron chi connectivity index (χ4n) is 1.40. The SMILES string of the molecule is CC(=O)Nc1ccc(NC(C)C(=O)NC(N)=O)cc1. The van der Waals surface area contributed by atoms with Gasteiger partial charge in [-0.2, -0.15) is 0 Å². The van der Waals surface area contributed by atoms with E-state index < -0.39 is 18.0 Å². The Hall–Kier alpha value is -2.57. The molecule has 7 heteroatoms. The first-order valence-corrected chi connectivity index (χ1v) is 5.63. The molecule has 102 valence electrons. The van der Waals surface area contributed by atoms with Crippen molar-refractivity contribution in [2.24, 2.45) is 5.73 Å². The number of nitrogens with two attached hydrogens (primary N) is 1. The van der Waals surface area contributed by atoms with Crippen LogP contribution in [0.25, 0.3) is 0 Å². The summed E-state index contributed by atoms with van der Waals surface area (Å²) in [4.78, 5) is 32.8. The van der Waals surface area contributed by atoms with Gasteiger partial charge in [0.25, 0.3) is 0 Å². The standard InChI is InChI=1S/C12H16N4O3/c1-7(11(18)16-12(13)19)14-9-3-5-10(6-4-9)15-8(2)17/h3-7,14H,1-2H3,(H,15,17)(H3,13,16,18,19). The van der Waals surface area contributed by atoms with Crippen LogP contribution in [0.4, 0.5) is 16.2 Å². The van der Waals surface area contributed by atoms with Crippen molar-refractivity contribution >= 4 is 29.2 Å². The summed E-state index contributed by atoms with van der Waals surface area (Å²) in [6.45, 7) is 3.02. The maximum atomic E-state index is 11.4. The summed E-state index contributed by atoms with van der Waals surface area (Å²) >= 11 is 0. The second-order valence-corrected chi connectivity index (χ2v) is 3.98. The molecule has 4 amide bonds. The van der Waals surface area contributed by atoms with Crippen LogP contribution < -0.4 is 21.7 Å². The lowest BCUT2D eigenvalue weighted by molar-refractivity contribution is -0.120. The van der Waals surface area contributed by atoms with Gasteiger partial charge in [-0.3, -0.25) is 14.9 Å². The second kappa shape index (κ2) is 6.39. The van der Waals surface area contributed by atoms with Gasteiger partial charge < -0.3 is 16.4 Å². The van der Waals surface area contributed by atoms with Gasteiger partial charge in [-0.15, -0.1) is 0 Å². The first-order chi connectivity index (χ1) is 8.88. The molecule has 1 unspecified atom stereocenters. The summed E-state index contributed by atoms with van der Waals surface area (Å²) in [5.74, 6) is -0.673. The number of benzene rings is 1. The average molecular weight is 264 g/mol. The molecular weight excluding hydrogens is 248 g/mol. The Morgan fingerprint density at radius 3 is 2.11 bits per heavy atom. The third-order valence-electron chi connectivity index (χ3n) is 2.23. The Labute approximate surface area is 110 Å². The van der Waals surface area contributed by atoms with Gasteiger partial charge in [0.15, 0.2) is 0 Å². The summed E-state index contributed by atoms with van der Waals surface area (Å²) in [6.07, 6.45) is 0. The molecule has 0 saturated carbocycles. The zero-order valence-corrected chi connectivity index (χ0v) is 10.7. The largest absolute Gasteiger partial charge is 0.374 e. The molecule has 0 fully saturated rings. The first kappa shape index (κ1) is 14.5. The Balaban J connectivity index is 2.59. The highest BCUT2D eigenvalue weighted by Crippen LogP contribution is 2.14. The molecule has 0 aliphatic heterocycles. The molecule has 1 aromatic rings. The van der Waals surface area contributed by atoms with Crippen molar-refractivity contribution in [2.75, 3.05) is 10.6 Å². The number of nitrogens with one attached hydrogen (secondary N) is 3. The molecule has 7 nitrogen and oxygen atoms in total. The molecule has 19 heavy (non-hydrogen) atoms. The van der Waals surface area contributed by atoms with E-state index in [1.165, 1.54) is 6.92 Å². The second-order valence-electron chi connectivity index (χ2n) is 3.98. The van der Waals surface area contributed by atoms with Gasteiger partial charge in [0.05, 0.1) is 0 Å². The Morgan fingerprint density at radius 2 is 1.63 bits per heavy atom. The third-order valence-corrected chi connectivity index (χ3v) is 2.23. The van der Waals surface area contributed by atoms with Crippen molar-refractivity contribution in [1.82, 2.24) is 5.32 Å². The van der Waals surface area contributed by atoms with E-state index in [-0.39, 0.29) is 5.91 Å². The molecule has 0 aliphatic rings. The van der Waals surface area contributed by atoms with Gasteiger partial charge in [-0.1, -0.05) is 0 Å².